The molecule has 0 unspecified atom stereocenters. The molecule has 0 aromatic carbocycles. The van der Waals surface area contributed by atoms with Gasteiger partial charge in [-0.2, -0.15) is 0 Å². The minimum Gasteiger partial charge on any atom is -0.370 e. The summed E-state index contributed by atoms with van der Waals surface area (Å²) < 4.78 is 0. The molecule has 0 saturated heterocycles. The Labute approximate surface area is 60.5 Å². The predicted octanol–water partition coefficient (Wildman–Crippen LogP) is 1.10. The van der Waals surface area contributed by atoms with Crippen LogP contribution in [0.5, 0.6) is 0 Å². The molecule has 0 aliphatic heterocycles. The Balaban J connectivity index is 2.43. The van der Waals surface area contributed by atoms with Crippen LogP contribution in [-0.2, 0) is 0 Å². The van der Waals surface area contributed by atoms with Gasteiger partial charge in [-0.05, 0) is 12.5 Å². The first kappa shape index (κ1) is 6.99. The van der Waals surface area contributed by atoms with Crippen LogP contribution in [0, 0.1) is 6.33 Å². The van der Waals surface area contributed by atoms with Gasteiger partial charge in [0, 0.05) is 12.7 Å². The maximum atomic E-state index is 3.87. The molecule has 1 heterocycles. The Bertz CT molecular complexity index is 173. The van der Waals surface area contributed by atoms with Gasteiger partial charge in [0.05, 0.1) is 0 Å². The largest absolute Gasteiger partial charge is 0.370 e. The first-order valence-corrected chi connectivity index (χ1v) is 3.36. The Morgan fingerprint density at radius 1 is 1.70 bits per heavy atom. The van der Waals surface area contributed by atoms with Crippen LogP contribution in [0.3, 0.4) is 0 Å². The molecular weight excluding hydrogens is 126 g/mol. The molecule has 0 aliphatic carbocycles. The minimum atomic E-state index is 0.844. The maximum Gasteiger partial charge on any atom is 0.199 e. The van der Waals surface area contributed by atoms with Crippen LogP contribution < -0.4 is 5.32 Å². The number of aromatic nitrogens is 2. The van der Waals surface area contributed by atoms with Gasteiger partial charge in [0.15, 0.2) is 6.33 Å². The second-order valence-corrected chi connectivity index (χ2v) is 1.97. The second kappa shape index (κ2) is 3.82. The average molecular weight is 136 g/mol. The van der Waals surface area contributed by atoms with Gasteiger partial charge in [0.2, 0.25) is 0 Å². The van der Waals surface area contributed by atoms with Crippen molar-refractivity contribution >= 4 is 5.82 Å². The summed E-state index contributed by atoms with van der Waals surface area (Å²) in [6.07, 6.45) is 5.28. The molecule has 3 heteroatoms. The fraction of sp³-hybridized carbons (Fsp3) is 0.429. The van der Waals surface area contributed by atoms with E-state index in [1.165, 1.54) is 0 Å². The molecular formula is C7H10N3. The van der Waals surface area contributed by atoms with Crippen LogP contribution in [0.4, 0.5) is 5.82 Å². The van der Waals surface area contributed by atoms with Gasteiger partial charge in [-0.1, -0.05) is 6.92 Å². The molecule has 0 aliphatic rings. The molecule has 0 spiro atoms. The third-order valence-corrected chi connectivity index (χ3v) is 1.09. The van der Waals surface area contributed by atoms with Gasteiger partial charge >= 0.3 is 0 Å². The third-order valence-electron chi connectivity index (χ3n) is 1.09. The fourth-order valence-electron chi connectivity index (χ4n) is 0.613. The van der Waals surface area contributed by atoms with Crippen molar-refractivity contribution in [2.24, 2.45) is 0 Å². The van der Waals surface area contributed by atoms with E-state index in [9.17, 15) is 0 Å². The summed E-state index contributed by atoms with van der Waals surface area (Å²) in [6.45, 7) is 3.06. The molecule has 53 valence electrons. The topological polar surface area (TPSA) is 37.8 Å². The average Bonchev–Trinajstić information content (AvgIpc) is 2.03. The quantitative estimate of drug-likeness (QED) is 0.676. The van der Waals surface area contributed by atoms with Crippen molar-refractivity contribution in [2.75, 3.05) is 11.9 Å². The molecule has 3 nitrogen and oxygen atoms in total. The van der Waals surface area contributed by atoms with Gasteiger partial charge in [0.1, 0.15) is 5.82 Å². The van der Waals surface area contributed by atoms with Crippen LogP contribution in [0.25, 0.3) is 0 Å². The van der Waals surface area contributed by atoms with Gasteiger partial charge in [-0.25, -0.2) is 9.97 Å². The number of rotatable bonds is 3. The number of nitrogens with one attached hydrogen (secondary N) is 1. The molecule has 1 rings (SSSR count). The van der Waals surface area contributed by atoms with Crippen molar-refractivity contribution in [3.05, 3.63) is 18.6 Å². The lowest BCUT2D eigenvalue weighted by Gasteiger charge is -1.99. The lowest BCUT2D eigenvalue weighted by atomic mass is 10.5. The highest BCUT2D eigenvalue weighted by atomic mass is 15.0. The number of hydrogen-bond acceptors (Lipinski definition) is 3. The van der Waals surface area contributed by atoms with Gasteiger partial charge in [-0.15, -0.1) is 0 Å². The van der Waals surface area contributed by atoms with Crippen molar-refractivity contribution in [1.29, 1.82) is 0 Å². The van der Waals surface area contributed by atoms with E-state index < -0.39 is 0 Å². The zero-order valence-electron chi connectivity index (χ0n) is 5.96. The van der Waals surface area contributed by atoms with Crippen molar-refractivity contribution in [2.45, 2.75) is 13.3 Å². The molecule has 10 heavy (non-hydrogen) atoms. The lowest BCUT2D eigenvalue weighted by Crippen LogP contribution is -2.01. The summed E-state index contributed by atoms with van der Waals surface area (Å²) in [5.74, 6) is 0.844. The zero-order valence-corrected chi connectivity index (χ0v) is 5.96. The number of nitrogens with zero attached hydrogens (tertiary/aromatic N) is 2. The highest BCUT2D eigenvalue weighted by Crippen LogP contribution is 1.96. The van der Waals surface area contributed by atoms with Crippen LogP contribution in [-0.4, -0.2) is 16.5 Å². The van der Waals surface area contributed by atoms with Crippen molar-refractivity contribution in [3.8, 4) is 0 Å². The third kappa shape index (κ3) is 2.01. The standard InChI is InChI=1S/C7H10N3/c1-2-4-9-7-3-5-8-6-10-7/h3,5H,2,4H2,1H3,(H,8,9,10). The lowest BCUT2D eigenvalue weighted by molar-refractivity contribution is 0.963. The van der Waals surface area contributed by atoms with Gasteiger partial charge in [-0.3, -0.25) is 0 Å². The summed E-state index contributed by atoms with van der Waals surface area (Å²) in [6, 6.07) is 1.83. The zero-order chi connectivity index (χ0) is 7.23. The summed E-state index contributed by atoms with van der Waals surface area (Å²) in [5, 5.41) is 3.11. The Kier molecular flexibility index (Phi) is 2.67. The first-order valence-electron chi connectivity index (χ1n) is 3.36. The second-order valence-electron chi connectivity index (χ2n) is 1.97. The number of hydrogen-bond donors (Lipinski definition) is 1. The predicted molar refractivity (Wildman–Crippen MR) is 39.6 cm³/mol. The van der Waals surface area contributed by atoms with Crippen molar-refractivity contribution < 1.29 is 0 Å². The van der Waals surface area contributed by atoms with Crippen LogP contribution in [0.2, 0.25) is 0 Å². The molecule has 1 aromatic heterocycles. The Hall–Kier alpha value is -1.12. The van der Waals surface area contributed by atoms with Crippen molar-refractivity contribution in [1.82, 2.24) is 9.97 Å². The highest BCUT2D eigenvalue weighted by Gasteiger charge is 1.87. The smallest absolute Gasteiger partial charge is 0.199 e. The van der Waals surface area contributed by atoms with E-state index in [2.05, 4.69) is 28.5 Å². The minimum absolute atomic E-state index is 0.844. The van der Waals surface area contributed by atoms with Crippen LogP contribution in [0.1, 0.15) is 13.3 Å². The summed E-state index contributed by atoms with van der Waals surface area (Å²) in [7, 11) is 0. The Morgan fingerprint density at radius 2 is 2.60 bits per heavy atom. The maximum absolute atomic E-state index is 3.87. The molecule has 1 aromatic rings. The molecule has 0 bridgehead atoms. The molecule has 0 atom stereocenters. The van der Waals surface area contributed by atoms with Crippen LogP contribution in [0.15, 0.2) is 12.3 Å². The fourth-order valence-corrected chi connectivity index (χ4v) is 0.613. The van der Waals surface area contributed by atoms with E-state index in [0.29, 0.717) is 0 Å². The van der Waals surface area contributed by atoms with Crippen molar-refractivity contribution in [3.63, 3.8) is 0 Å². The monoisotopic (exact) mass is 136 g/mol. The highest BCUT2D eigenvalue weighted by molar-refractivity contribution is 5.30. The summed E-state index contributed by atoms with van der Waals surface area (Å²) in [5.41, 5.74) is 0. The van der Waals surface area contributed by atoms with E-state index in [-0.39, 0.29) is 0 Å². The van der Waals surface area contributed by atoms with E-state index in [1.807, 2.05) is 6.07 Å². The molecule has 1 N–H and O–H groups in total. The molecule has 0 saturated carbocycles. The van der Waals surface area contributed by atoms with Gasteiger partial charge in [0.25, 0.3) is 0 Å². The van der Waals surface area contributed by atoms with E-state index in [1.54, 1.807) is 6.20 Å². The van der Waals surface area contributed by atoms with Gasteiger partial charge < -0.3 is 5.32 Å². The summed E-state index contributed by atoms with van der Waals surface area (Å²) >= 11 is 0. The number of anilines is 1. The molecule has 1 radical (unpaired) electrons. The first-order chi connectivity index (χ1) is 4.93. The van der Waals surface area contributed by atoms with E-state index in [4.69, 9.17) is 0 Å². The van der Waals surface area contributed by atoms with E-state index >= 15 is 0 Å². The molecule has 0 fully saturated rings. The molecule has 0 amide bonds. The normalized spacial score (nSPS) is 9.30. The summed E-state index contributed by atoms with van der Waals surface area (Å²) in [4.78, 5) is 7.55. The van der Waals surface area contributed by atoms with Crippen LogP contribution >= 0.6 is 0 Å². The Morgan fingerprint density at radius 3 is 3.20 bits per heavy atom. The SMILES string of the molecule is CCCNc1ccn[c]n1. The van der Waals surface area contributed by atoms with E-state index in [0.717, 1.165) is 18.8 Å².